The predicted molar refractivity (Wildman–Crippen MR) is 46.9 cm³/mol. The Bertz CT molecular complexity index is 177. The van der Waals surface area contributed by atoms with Crippen LogP contribution < -0.4 is 0 Å². The van der Waals surface area contributed by atoms with Crippen LogP contribution in [0.5, 0.6) is 0 Å². The van der Waals surface area contributed by atoms with Crippen LogP contribution in [0.2, 0.25) is 0 Å². The second kappa shape index (κ2) is 3.44. The summed E-state index contributed by atoms with van der Waals surface area (Å²) in [6.07, 6.45) is 2.21. The Morgan fingerprint density at radius 1 is 1.58 bits per heavy atom. The molecule has 1 saturated heterocycles. The van der Waals surface area contributed by atoms with Gasteiger partial charge in [-0.1, -0.05) is 0 Å². The molecule has 0 spiro atoms. The summed E-state index contributed by atoms with van der Waals surface area (Å²) in [6, 6.07) is 0. The van der Waals surface area contributed by atoms with Crippen LogP contribution in [0.1, 0.15) is 26.7 Å². The minimum atomic E-state index is 0.0373. The van der Waals surface area contributed by atoms with Crippen molar-refractivity contribution in [3.63, 3.8) is 0 Å². The van der Waals surface area contributed by atoms with Gasteiger partial charge in [0.05, 0.1) is 0 Å². The van der Waals surface area contributed by atoms with E-state index in [-0.39, 0.29) is 18.1 Å². The van der Waals surface area contributed by atoms with Gasteiger partial charge in [-0.3, -0.25) is 4.79 Å². The lowest BCUT2D eigenvalue weighted by Crippen LogP contribution is -2.44. The lowest BCUT2D eigenvalue weighted by molar-refractivity contribution is -0.138. The van der Waals surface area contributed by atoms with Crippen LogP contribution in [0.15, 0.2) is 0 Å². The van der Waals surface area contributed by atoms with Crippen LogP contribution in [-0.2, 0) is 9.53 Å². The maximum atomic E-state index is 11.5. The third-order valence-corrected chi connectivity index (χ3v) is 2.47. The minimum Gasteiger partial charge on any atom is -0.375 e. The quantitative estimate of drug-likeness (QED) is 0.621. The average Bonchev–Trinajstić information content (AvgIpc) is 2.30. The molecule has 3 nitrogen and oxygen atoms in total. The van der Waals surface area contributed by atoms with E-state index in [2.05, 4.69) is 13.8 Å². The van der Waals surface area contributed by atoms with E-state index in [4.69, 9.17) is 4.74 Å². The molecule has 1 aliphatic heterocycles. The van der Waals surface area contributed by atoms with E-state index in [9.17, 15) is 4.79 Å². The molecular formula is C9H17NO2. The van der Waals surface area contributed by atoms with Gasteiger partial charge in [-0.15, -0.1) is 0 Å². The molecule has 0 bridgehead atoms. The zero-order valence-corrected chi connectivity index (χ0v) is 8.09. The van der Waals surface area contributed by atoms with Crippen molar-refractivity contribution in [1.29, 1.82) is 0 Å². The summed E-state index contributed by atoms with van der Waals surface area (Å²) in [4.78, 5) is 13.4. The van der Waals surface area contributed by atoms with Crippen molar-refractivity contribution in [3.05, 3.63) is 0 Å². The van der Waals surface area contributed by atoms with Gasteiger partial charge in [-0.05, 0) is 26.7 Å². The van der Waals surface area contributed by atoms with Gasteiger partial charge in [0.2, 0.25) is 5.91 Å². The Balaban J connectivity index is 2.56. The summed E-state index contributed by atoms with van der Waals surface area (Å²) in [5, 5.41) is 0. The number of hydrogen-bond donors (Lipinski definition) is 0. The van der Waals surface area contributed by atoms with E-state index >= 15 is 0 Å². The first kappa shape index (κ1) is 9.52. The van der Waals surface area contributed by atoms with Crippen molar-refractivity contribution in [3.8, 4) is 0 Å². The highest BCUT2D eigenvalue weighted by Crippen LogP contribution is 2.27. The SMILES string of the molecule is COCC(=O)N1CCCC1(C)C. The molecule has 1 rings (SSSR count). The first-order valence-corrected chi connectivity index (χ1v) is 4.37. The number of carbonyl (C=O) groups is 1. The van der Waals surface area contributed by atoms with Crippen molar-refractivity contribution >= 4 is 5.91 Å². The van der Waals surface area contributed by atoms with Gasteiger partial charge in [-0.25, -0.2) is 0 Å². The molecule has 0 aliphatic carbocycles. The molecule has 70 valence electrons. The molecule has 3 heteroatoms. The number of methoxy groups -OCH3 is 1. The van der Waals surface area contributed by atoms with Gasteiger partial charge < -0.3 is 9.64 Å². The molecule has 1 aliphatic rings. The van der Waals surface area contributed by atoms with E-state index in [0.29, 0.717) is 0 Å². The van der Waals surface area contributed by atoms with Crippen molar-refractivity contribution in [1.82, 2.24) is 4.90 Å². The van der Waals surface area contributed by atoms with Crippen molar-refractivity contribution in [2.45, 2.75) is 32.2 Å². The number of carbonyl (C=O) groups excluding carboxylic acids is 1. The second-order valence-corrected chi connectivity index (χ2v) is 3.89. The largest absolute Gasteiger partial charge is 0.375 e. The molecule has 0 aromatic carbocycles. The van der Waals surface area contributed by atoms with Crippen LogP contribution in [0.25, 0.3) is 0 Å². The lowest BCUT2D eigenvalue weighted by atomic mass is 10.0. The Kier molecular flexibility index (Phi) is 2.73. The van der Waals surface area contributed by atoms with Gasteiger partial charge >= 0.3 is 0 Å². The van der Waals surface area contributed by atoms with E-state index < -0.39 is 0 Å². The summed E-state index contributed by atoms with van der Waals surface area (Å²) in [5.41, 5.74) is 0.0373. The van der Waals surface area contributed by atoms with Gasteiger partial charge in [0.15, 0.2) is 0 Å². The number of hydrogen-bond acceptors (Lipinski definition) is 2. The van der Waals surface area contributed by atoms with E-state index in [1.165, 1.54) is 0 Å². The van der Waals surface area contributed by atoms with Crippen molar-refractivity contribution < 1.29 is 9.53 Å². The molecule has 0 radical (unpaired) electrons. The Morgan fingerprint density at radius 2 is 2.25 bits per heavy atom. The number of ether oxygens (including phenoxy) is 1. The Hall–Kier alpha value is -0.570. The minimum absolute atomic E-state index is 0.0373. The second-order valence-electron chi connectivity index (χ2n) is 3.89. The normalized spacial score (nSPS) is 21.4. The highest BCUT2D eigenvalue weighted by atomic mass is 16.5. The molecule has 0 atom stereocenters. The summed E-state index contributed by atoms with van der Waals surface area (Å²) in [6.45, 7) is 5.31. The third-order valence-electron chi connectivity index (χ3n) is 2.47. The zero-order valence-electron chi connectivity index (χ0n) is 8.09. The molecule has 1 amide bonds. The van der Waals surface area contributed by atoms with Crippen LogP contribution in [0, 0.1) is 0 Å². The predicted octanol–water partition coefficient (Wildman–Crippen LogP) is 1.03. The summed E-state index contributed by atoms with van der Waals surface area (Å²) in [7, 11) is 1.56. The topological polar surface area (TPSA) is 29.5 Å². The maximum absolute atomic E-state index is 11.5. The zero-order chi connectivity index (χ0) is 9.19. The fraction of sp³-hybridized carbons (Fsp3) is 0.889. The lowest BCUT2D eigenvalue weighted by Gasteiger charge is -2.31. The Morgan fingerprint density at radius 3 is 2.67 bits per heavy atom. The van der Waals surface area contributed by atoms with E-state index in [1.54, 1.807) is 7.11 Å². The number of nitrogens with zero attached hydrogens (tertiary/aromatic N) is 1. The molecule has 1 heterocycles. The molecular weight excluding hydrogens is 154 g/mol. The molecule has 0 saturated carbocycles. The molecule has 0 aromatic heterocycles. The van der Waals surface area contributed by atoms with Crippen LogP contribution in [0.4, 0.5) is 0 Å². The Labute approximate surface area is 73.7 Å². The summed E-state index contributed by atoms with van der Waals surface area (Å²) >= 11 is 0. The third kappa shape index (κ3) is 1.78. The first-order chi connectivity index (χ1) is 5.58. The fourth-order valence-electron chi connectivity index (χ4n) is 1.77. The first-order valence-electron chi connectivity index (χ1n) is 4.37. The molecule has 0 N–H and O–H groups in total. The monoisotopic (exact) mass is 171 g/mol. The standard InChI is InChI=1S/C9H17NO2/c1-9(2)5-4-6-10(9)8(11)7-12-3/h4-7H2,1-3H3. The number of amides is 1. The van der Waals surface area contributed by atoms with Crippen LogP contribution in [-0.4, -0.2) is 36.6 Å². The van der Waals surface area contributed by atoms with Crippen molar-refractivity contribution in [2.75, 3.05) is 20.3 Å². The summed E-state index contributed by atoms with van der Waals surface area (Å²) < 4.78 is 4.82. The maximum Gasteiger partial charge on any atom is 0.248 e. The van der Waals surface area contributed by atoms with Gasteiger partial charge in [0.1, 0.15) is 6.61 Å². The van der Waals surface area contributed by atoms with Crippen LogP contribution >= 0.6 is 0 Å². The highest BCUT2D eigenvalue weighted by molar-refractivity contribution is 5.78. The molecule has 0 aromatic rings. The molecule has 1 fully saturated rings. The molecule has 0 unspecified atom stereocenters. The average molecular weight is 171 g/mol. The number of likely N-dealkylation sites (tertiary alicyclic amines) is 1. The van der Waals surface area contributed by atoms with Crippen LogP contribution in [0.3, 0.4) is 0 Å². The number of rotatable bonds is 2. The van der Waals surface area contributed by atoms with E-state index in [0.717, 1.165) is 19.4 Å². The fourth-order valence-corrected chi connectivity index (χ4v) is 1.77. The highest BCUT2D eigenvalue weighted by Gasteiger charge is 2.34. The van der Waals surface area contributed by atoms with E-state index in [1.807, 2.05) is 4.90 Å². The molecule has 12 heavy (non-hydrogen) atoms. The smallest absolute Gasteiger partial charge is 0.248 e. The van der Waals surface area contributed by atoms with Gasteiger partial charge in [0, 0.05) is 19.2 Å². The van der Waals surface area contributed by atoms with Gasteiger partial charge in [-0.2, -0.15) is 0 Å². The van der Waals surface area contributed by atoms with Crippen molar-refractivity contribution in [2.24, 2.45) is 0 Å². The van der Waals surface area contributed by atoms with Gasteiger partial charge in [0.25, 0.3) is 0 Å². The summed E-state index contributed by atoms with van der Waals surface area (Å²) in [5.74, 6) is 0.111.